The van der Waals surface area contributed by atoms with Crippen LogP contribution in [0.4, 0.5) is 0 Å². The van der Waals surface area contributed by atoms with Gasteiger partial charge in [-0.2, -0.15) is 0 Å². The molecule has 1 saturated heterocycles. The number of nitrogens with one attached hydrogen (secondary N) is 1. The minimum Gasteiger partial charge on any atom is -0.374 e. The Bertz CT molecular complexity index is 355. The second-order valence-corrected chi connectivity index (χ2v) is 5.59. The highest BCUT2D eigenvalue weighted by Crippen LogP contribution is 2.06. The summed E-state index contributed by atoms with van der Waals surface area (Å²) in [5.74, 6) is 0. The molecule has 0 radical (unpaired) electrons. The van der Waals surface area contributed by atoms with Crippen LogP contribution < -0.4 is 5.32 Å². The molecule has 106 valence electrons. The van der Waals surface area contributed by atoms with Crippen LogP contribution in [0.1, 0.15) is 18.9 Å². The van der Waals surface area contributed by atoms with E-state index in [9.17, 15) is 0 Å². The largest absolute Gasteiger partial charge is 0.374 e. The summed E-state index contributed by atoms with van der Waals surface area (Å²) in [6, 6.07) is 11.2. The second kappa shape index (κ2) is 7.63. The van der Waals surface area contributed by atoms with Crippen molar-refractivity contribution in [3.8, 4) is 0 Å². The van der Waals surface area contributed by atoms with Gasteiger partial charge >= 0.3 is 0 Å². The molecule has 2 rings (SSSR count). The number of rotatable bonds is 6. The quantitative estimate of drug-likeness (QED) is 0.848. The lowest BCUT2D eigenvalue weighted by atomic mass is 10.1. The molecule has 2 atom stereocenters. The summed E-state index contributed by atoms with van der Waals surface area (Å²) < 4.78 is 5.76. The molecule has 1 aliphatic heterocycles. The van der Waals surface area contributed by atoms with Gasteiger partial charge in [0.15, 0.2) is 0 Å². The third-order valence-electron chi connectivity index (χ3n) is 3.74. The van der Waals surface area contributed by atoms with Crippen molar-refractivity contribution in [1.29, 1.82) is 0 Å². The van der Waals surface area contributed by atoms with Crippen LogP contribution in [0.15, 0.2) is 30.3 Å². The Kier molecular flexibility index (Phi) is 5.83. The van der Waals surface area contributed by atoms with Crippen LogP contribution in [0.25, 0.3) is 0 Å². The van der Waals surface area contributed by atoms with Gasteiger partial charge in [0.05, 0.1) is 12.7 Å². The fourth-order valence-electron chi connectivity index (χ4n) is 2.45. The SMILES string of the molecule is C[C@@H](CCc1ccccc1)NC[C@@H]1CN(C)CCO1. The summed E-state index contributed by atoms with van der Waals surface area (Å²) in [4.78, 5) is 2.34. The minimum absolute atomic E-state index is 0.345. The monoisotopic (exact) mass is 262 g/mol. The van der Waals surface area contributed by atoms with Gasteiger partial charge in [-0.3, -0.25) is 0 Å². The Hall–Kier alpha value is -0.900. The first-order chi connectivity index (χ1) is 9.24. The Balaban J connectivity index is 1.63. The zero-order valence-corrected chi connectivity index (χ0v) is 12.1. The van der Waals surface area contributed by atoms with Gasteiger partial charge in [0, 0.05) is 25.7 Å². The van der Waals surface area contributed by atoms with Crippen molar-refractivity contribution in [2.45, 2.75) is 31.9 Å². The standard InChI is InChI=1S/C16H26N2O/c1-14(8-9-15-6-4-3-5-7-15)17-12-16-13-18(2)10-11-19-16/h3-7,14,16-17H,8-13H2,1-2H3/t14-,16+/m0/s1. The van der Waals surface area contributed by atoms with Crippen molar-refractivity contribution in [2.75, 3.05) is 33.3 Å². The predicted molar refractivity (Wildman–Crippen MR) is 79.5 cm³/mol. The Morgan fingerprint density at radius 2 is 2.16 bits per heavy atom. The first-order valence-corrected chi connectivity index (χ1v) is 7.31. The highest BCUT2D eigenvalue weighted by atomic mass is 16.5. The Morgan fingerprint density at radius 1 is 1.37 bits per heavy atom. The van der Waals surface area contributed by atoms with Crippen LogP contribution in [0.2, 0.25) is 0 Å². The maximum atomic E-state index is 5.76. The number of nitrogens with zero attached hydrogens (tertiary/aromatic N) is 1. The van der Waals surface area contributed by atoms with Gasteiger partial charge in [0.2, 0.25) is 0 Å². The van der Waals surface area contributed by atoms with Crippen molar-refractivity contribution >= 4 is 0 Å². The smallest absolute Gasteiger partial charge is 0.0826 e. The van der Waals surface area contributed by atoms with Crippen molar-refractivity contribution in [2.24, 2.45) is 0 Å². The van der Waals surface area contributed by atoms with E-state index in [1.165, 1.54) is 12.0 Å². The van der Waals surface area contributed by atoms with Crippen molar-refractivity contribution in [1.82, 2.24) is 10.2 Å². The summed E-state index contributed by atoms with van der Waals surface area (Å²) >= 11 is 0. The zero-order chi connectivity index (χ0) is 13.5. The van der Waals surface area contributed by atoms with E-state index < -0.39 is 0 Å². The maximum Gasteiger partial charge on any atom is 0.0826 e. The predicted octanol–water partition coefficient (Wildman–Crippen LogP) is 1.93. The molecule has 0 spiro atoms. The van der Waals surface area contributed by atoms with Crippen molar-refractivity contribution in [3.05, 3.63) is 35.9 Å². The van der Waals surface area contributed by atoms with Crippen LogP contribution in [-0.2, 0) is 11.2 Å². The molecule has 0 saturated carbocycles. The van der Waals surface area contributed by atoms with Crippen LogP contribution >= 0.6 is 0 Å². The number of morpholine rings is 1. The van der Waals surface area contributed by atoms with E-state index in [0.717, 1.165) is 32.7 Å². The molecule has 1 fully saturated rings. The van der Waals surface area contributed by atoms with Crippen molar-refractivity contribution in [3.63, 3.8) is 0 Å². The molecule has 1 heterocycles. The molecule has 1 N–H and O–H groups in total. The lowest BCUT2D eigenvalue weighted by Crippen LogP contribution is -2.46. The van der Waals surface area contributed by atoms with Crippen LogP contribution in [0.5, 0.6) is 0 Å². The third-order valence-corrected chi connectivity index (χ3v) is 3.74. The minimum atomic E-state index is 0.345. The van der Waals surface area contributed by atoms with E-state index in [4.69, 9.17) is 4.74 Å². The van der Waals surface area contributed by atoms with Gasteiger partial charge in [-0.25, -0.2) is 0 Å². The molecule has 3 nitrogen and oxygen atoms in total. The van der Waals surface area contributed by atoms with Gasteiger partial charge in [0.25, 0.3) is 0 Å². The molecule has 19 heavy (non-hydrogen) atoms. The molecule has 0 aromatic heterocycles. The maximum absolute atomic E-state index is 5.76. The number of likely N-dealkylation sites (N-methyl/N-ethyl adjacent to an activating group) is 1. The van der Waals surface area contributed by atoms with E-state index in [1.807, 2.05) is 0 Å². The van der Waals surface area contributed by atoms with Gasteiger partial charge in [-0.05, 0) is 32.4 Å². The molecule has 0 amide bonds. The molecule has 0 unspecified atom stereocenters. The number of ether oxygens (including phenoxy) is 1. The fraction of sp³-hybridized carbons (Fsp3) is 0.625. The average Bonchev–Trinajstić information content (AvgIpc) is 2.44. The number of benzene rings is 1. The molecular weight excluding hydrogens is 236 g/mol. The highest BCUT2D eigenvalue weighted by Gasteiger charge is 2.17. The summed E-state index contributed by atoms with van der Waals surface area (Å²) in [5, 5.41) is 3.59. The number of hydrogen-bond donors (Lipinski definition) is 1. The summed E-state index contributed by atoms with van der Waals surface area (Å²) in [5.41, 5.74) is 1.42. The lowest BCUT2D eigenvalue weighted by Gasteiger charge is -2.31. The lowest BCUT2D eigenvalue weighted by molar-refractivity contribution is -0.0191. The van der Waals surface area contributed by atoms with Gasteiger partial charge in [0.1, 0.15) is 0 Å². The first kappa shape index (κ1) is 14.5. The van der Waals surface area contributed by atoms with Crippen LogP contribution in [0, 0.1) is 0 Å². The number of aryl methyl sites for hydroxylation is 1. The van der Waals surface area contributed by atoms with E-state index in [-0.39, 0.29) is 0 Å². The second-order valence-electron chi connectivity index (χ2n) is 5.59. The average molecular weight is 262 g/mol. The van der Waals surface area contributed by atoms with E-state index >= 15 is 0 Å². The fourth-order valence-corrected chi connectivity index (χ4v) is 2.45. The van der Waals surface area contributed by atoms with Crippen LogP contribution in [0.3, 0.4) is 0 Å². The molecular formula is C16H26N2O. The molecule has 1 aliphatic rings. The summed E-state index contributed by atoms with van der Waals surface area (Å²) in [6.07, 6.45) is 2.66. The molecule has 3 heteroatoms. The zero-order valence-electron chi connectivity index (χ0n) is 12.1. The normalized spacial score (nSPS) is 22.3. The van der Waals surface area contributed by atoms with Gasteiger partial charge < -0.3 is 15.0 Å². The number of hydrogen-bond acceptors (Lipinski definition) is 3. The highest BCUT2D eigenvalue weighted by molar-refractivity contribution is 5.14. The van der Waals surface area contributed by atoms with E-state index in [2.05, 4.69) is 54.5 Å². The third kappa shape index (κ3) is 5.31. The van der Waals surface area contributed by atoms with Crippen LogP contribution in [-0.4, -0.2) is 50.3 Å². The molecule has 0 bridgehead atoms. The van der Waals surface area contributed by atoms with E-state index in [1.54, 1.807) is 0 Å². The first-order valence-electron chi connectivity index (χ1n) is 7.31. The molecule has 0 aliphatic carbocycles. The molecule has 1 aromatic carbocycles. The Labute approximate surface area is 116 Å². The van der Waals surface area contributed by atoms with Crippen molar-refractivity contribution < 1.29 is 4.74 Å². The Morgan fingerprint density at radius 3 is 2.89 bits per heavy atom. The van der Waals surface area contributed by atoms with E-state index in [0.29, 0.717) is 12.1 Å². The summed E-state index contributed by atoms with van der Waals surface area (Å²) in [7, 11) is 2.16. The van der Waals surface area contributed by atoms with Gasteiger partial charge in [-0.15, -0.1) is 0 Å². The topological polar surface area (TPSA) is 24.5 Å². The summed E-state index contributed by atoms with van der Waals surface area (Å²) in [6.45, 7) is 6.18. The molecule has 1 aromatic rings. The van der Waals surface area contributed by atoms with Gasteiger partial charge in [-0.1, -0.05) is 30.3 Å².